The van der Waals surface area contributed by atoms with E-state index in [1.165, 1.54) is 27.8 Å². The van der Waals surface area contributed by atoms with Gasteiger partial charge in [-0.1, -0.05) is 24.3 Å². The number of thiophene rings is 1. The highest BCUT2D eigenvalue weighted by molar-refractivity contribution is 7.17. The van der Waals surface area contributed by atoms with Crippen molar-refractivity contribution in [2.75, 3.05) is 44.2 Å². The number of aryl methyl sites for hydroxylation is 1. The number of nitrogens with zero attached hydrogens (tertiary/aromatic N) is 3. The van der Waals surface area contributed by atoms with Crippen LogP contribution in [0, 0.1) is 0 Å². The molecule has 0 spiro atoms. The van der Waals surface area contributed by atoms with Gasteiger partial charge in [-0.05, 0) is 73.4 Å². The number of amides is 1. The van der Waals surface area contributed by atoms with Crippen LogP contribution >= 0.6 is 11.3 Å². The van der Waals surface area contributed by atoms with Crippen molar-refractivity contribution in [2.45, 2.75) is 38.1 Å². The lowest BCUT2D eigenvalue weighted by atomic mass is 9.94. The Morgan fingerprint density at radius 2 is 1.84 bits per heavy atom. The standard InChI is InChI=1S/C27H31N3OS/c31-27-23-9-2-1-7-20(23)8-6-14-29(27)13-4-3-12-28-15-16-30-22(18-28)17-21-19-32-25-11-5-10-24(30)26(21)25/h1-2,5,7,9-11,19,22H,3-4,6,8,12-18H2. The largest absolute Gasteiger partial charge is 0.365 e. The third kappa shape index (κ3) is 3.61. The van der Waals surface area contributed by atoms with Crippen LogP contribution in [0.3, 0.4) is 0 Å². The minimum Gasteiger partial charge on any atom is -0.365 e. The number of piperazine rings is 1. The van der Waals surface area contributed by atoms with E-state index in [0.29, 0.717) is 6.04 Å². The van der Waals surface area contributed by atoms with Gasteiger partial charge >= 0.3 is 0 Å². The summed E-state index contributed by atoms with van der Waals surface area (Å²) in [6.07, 6.45) is 5.52. The Hall–Kier alpha value is -2.37. The highest BCUT2D eigenvalue weighted by Gasteiger charge is 2.32. The molecule has 1 amide bonds. The second-order valence-corrected chi connectivity index (χ2v) is 10.4. The lowest BCUT2D eigenvalue weighted by Crippen LogP contribution is -2.55. The quantitative estimate of drug-likeness (QED) is 0.527. The Labute approximate surface area is 194 Å². The van der Waals surface area contributed by atoms with Crippen molar-refractivity contribution in [2.24, 2.45) is 0 Å². The molecule has 32 heavy (non-hydrogen) atoms. The van der Waals surface area contributed by atoms with Crippen LogP contribution in [0.5, 0.6) is 0 Å². The normalized spacial score (nSPS) is 20.9. The molecule has 3 aliphatic rings. The Balaban J connectivity index is 1.03. The molecule has 0 N–H and O–H groups in total. The second kappa shape index (κ2) is 8.53. The van der Waals surface area contributed by atoms with Gasteiger partial charge < -0.3 is 9.80 Å². The second-order valence-electron chi connectivity index (χ2n) is 9.52. The van der Waals surface area contributed by atoms with Crippen LogP contribution < -0.4 is 4.90 Å². The van der Waals surface area contributed by atoms with Gasteiger partial charge in [-0.2, -0.15) is 0 Å². The molecule has 1 atom stereocenters. The first kappa shape index (κ1) is 20.3. The average Bonchev–Trinajstić information content (AvgIpc) is 3.17. The fourth-order valence-corrected chi connectivity index (χ4v) is 6.92. The van der Waals surface area contributed by atoms with Gasteiger partial charge in [0.1, 0.15) is 0 Å². The summed E-state index contributed by atoms with van der Waals surface area (Å²) in [4.78, 5) is 20.4. The van der Waals surface area contributed by atoms with Crippen LogP contribution in [-0.4, -0.2) is 61.0 Å². The number of hydrogen-bond donors (Lipinski definition) is 0. The number of benzene rings is 2. The summed E-state index contributed by atoms with van der Waals surface area (Å²) in [5.74, 6) is 0.231. The van der Waals surface area contributed by atoms with Gasteiger partial charge in [0.25, 0.3) is 5.91 Å². The van der Waals surface area contributed by atoms with Crippen molar-refractivity contribution in [3.8, 4) is 0 Å². The van der Waals surface area contributed by atoms with E-state index in [1.54, 1.807) is 5.56 Å². The molecular weight excluding hydrogens is 414 g/mol. The Morgan fingerprint density at radius 1 is 0.938 bits per heavy atom. The van der Waals surface area contributed by atoms with E-state index in [2.05, 4.69) is 44.3 Å². The first-order valence-electron chi connectivity index (χ1n) is 12.1. The van der Waals surface area contributed by atoms with Crippen molar-refractivity contribution in [1.82, 2.24) is 9.80 Å². The highest BCUT2D eigenvalue weighted by atomic mass is 32.1. The minimum atomic E-state index is 0.231. The summed E-state index contributed by atoms with van der Waals surface area (Å²) >= 11 is 1.89. The third-order valence-corrected chi connectivity index (χ3v) is 8.54. The molecule has 5 heteroatoms. The molecule has 0 saturated carbocycles. The fraction of sp³-hybridized carbons (Fsp3) is 0.444. The summed E-state index contributed by atoms with van der Waals surface area (Å²) in [5, 5.41) is 3.88. The molecular formula is C27H31N3OS. The summed E-state index contributed by atoms with van der Waals surface area (Å²) in [6, 6.07) is 15.5. The summed E-state index contributed by atoms with van der Waals surface area (Å²) in [6.45, 7) is 6.34. The lowest BCUT2D eigenvalue weighted by molar-refractivity contribution is 0.0756. The zero-order valence-corrected chi connectivity index (χ0v) is 19.4. The third-order valence-electron chi connectivity index (χ3n) is 7.55. The predicted molar refractivity (Wildman–Crippen MR) is 133 cm³/mol. The monoisotopic (exact) mass is 445 g/mol. The van der Waals surface area contributed by atoms with Crippen molar-refractivity contribution >= 4 is 33.0 Å². The smallest absolute Gasteiger partial charge is 0.254 e. The van der Waals surface area contributed by atoms with E-state index in [1.807, 2.05) is 29.5 Å². The molecule has 0 radical (unpaired) electrons. The molecule has 1 saturated heterocycles. The van der Waals surface area contributed by atoms with Gasteiger partial charge in [-0.3, -0.25) is 9.69 Å². The molecule has 4 nitrogen and oxygen atoms in total. The van der Waals surface area contributed by atoms with Crippen molar-refractivity contribution in [3.63, 3.8) is 0 Å². The fourth-order valence-electron chi connectivity index (χ4n) is 5.92. The number of rotatable bonds is 5. The van der Waals surface area contributed by atoms with Crippen LogP contribution in [0.4, 0.5) is 5.69 Å². The van der Waals surface area contributed by atoms with Crippen molar-refractivity contribution < 1.29 is 4.79 Å². The molecule has 3 aliphatic heterocycles. The SMILES string of the molecule is O=C1c2ccccc2CCCN1CCCCN1CCN2c3cccc4scc(c34)CC2C1. The number of carbonyl (C=O) groups is 1. The number of unbranched alkanes of at least 4 members (excludes halogenated alkanes) is 1. The predicted octanol–water partition coefficient (Wildman–Crippen LogP) is 4.82. The zero-order chi connectivity index (χ0) is 21.5. The Morgan fingerprint density at radius 3 is 2.81 bits per heavy atom. The first-order valence-corrected chi connectivity index (χ1v) is 13.0. The maximum atomic E-state index is 13.0. The molecule has 1 unspecified atom stereocenters. The van der Waals surface area contributed by atoms with Crippen LogP contribution in [-0.2, 0) is 12.8 Å². The maximum absolute atomic E-state index is 13.0. The van der Waals surface area contributed by atoms with Crippen molar-refractivity contribution in [1.29, 1.82) is 0 Å². The number of hydrogen-bond acceptors (Lipinski definition) is 4. The maximum Gasteiger partial charge on any atom is 0.254 e. The van der Waals surface area contributed by atoms with Crippen LogP contribution in [0.1, 0.15) is 40.7 Å². The zero-order valence-electron chi connectivity index (χ0n) is 18.6. The lowest BCUT2D eigenvalue weighted by Gasteiger charge is -2.45. The molecule has 0 aliphatic carbocycles. The molecule has 1 aromatic heterocycles. The van der Waals surface area contributed by atoms with Gasteiger partial charge in [0.05, 0.1) is 0 Å². The first-order chi connectivity index (χ1) is 15.8. The van der Waals surface area contributed by atoms with Crippen LogP contribution in [0.15, 0.2) is 47.8 Å². The van der Waals surface area contributed by atoms with Crippen molar-refractivity contribution in [3.05, 3.63) is 64.5 Å². The molecule has 4 heterocycles. The average molecular weight is 446 g/mol. The summed E-state index contributed by atoms with van der Waals surface area (Å²) in [7, 11) is 0. The Bertz CT molecular complexity index is 1140. The Kier molecular flexibility index (Phi) is 5.40. The molecule has 3 aromatic rings. The summed E-state index contributed by atoms with van der Waals surface area (Å²) < 4.78 is 1.43. The van der Waals surface area contributed by atoms with Crippen LogP contribution in [0.25, 0.3) is 10.1 Å². The van der Waals surface area contributed by atoms with E-state index in [9.17, 15) is 4.79 Å². The molecule has 166 valence electrons. The van der Waals surface area contributed by atoms with Gasteiger partial charge in [0, 0.05) is 60.1 Å². The summed E-state index contributed by atoms with van der Waals surface area (Å²) in [5.41, 5.74) is 5.13. The number of anilines is 1. The van der Waals surface area contributed by atoms with Gasteiger partial charge in [0.2, 0.25) is 0 Å². The topological polar surface area (TPSA) is 26.8 Å². The van der Waals surface area contributed by atoms with E-state index < -0.39 is 0 Å². The van der Waals surface area contributed by atoms with Gasteiger partial charge in [-0.25, -0.2) is 0 Å². The van der Waals surface area contributed by atoms with E-state index >= 15 is 0 Å². The van der Waals surface area contributed by atoms with E-state index in [-0.39, 0.29) is 5.91 Å². The van der Waals surface area contributed by atoms with E-state index in [0.717, 1.165) is 70.5 Å². The van der Waals surface area contributed by atoms with Crippen LogP contribution in [0.2, 0.25) is 0 Å². The molecule has 1 fully saturated rings. The molecule has 6 rings (SSSR count). The molecule has 0 bridgehead atoms. The number of carbonyl (C=O) groups excluding carboxylic acids is 1. The number of fused-ring (bicyclic) bond motifs is 3. The molecule has 2 aromatic carbocycles. The highest BCUT2D eigenvalue weighted by Crippen LogP contribution is 2.40. The van der Waals surface area contributed by atoms with Gasteiger partial charge in [0.15, 0.2) is 0 Å². The minimum absolute atomic E-state index is 0.231. The van der Waals surface area contributed by atoms with E-state index in [4.69, 9.17) is 0 Å². The van der Waals surface area contributed by atoms with Gasteiger partial charge in [-0.15, -0.1) is 11.3 Å².